The molecule has 0 aromatic heterocycles. The SMILES string of the molecule is COc1cc(CN2CCN(CC3CNNC3c3ccccc3)CC2CCO)cc(OC)c1. The predicted molar refractivity (Wildman–Crippen MR) is 126 cm³/mol. The van der Waals surface area contributed by atoms with Gasteiger partial charge in [-0.25, -0.2) is 5.43 Å². The van der Waals surface area contributed by atoms with Crippen molar-refractivity contribution in [2.75, 3.05) is 53.6 Å². The molecule has 7 heteroatoms. The Bertz CT molecular complexity index is 828. The highest BCUT2D eigenvalue weighted by Gasteiger charge is 2.33. The predicted octanol–water partition coefficient (Wildman–Crippen LogP) is 2.04. The van der Waals surface area contributed by atoms with Crippen molar-refractivity contribution in [3.8, 4) is 11.5 Å². The molecule has 174 valence electrons. The van der Waals surface area contributed by atoms with Gasteiger partial charge in [0.05, 0.1) is 20.3 Å². The summed E-state index contributed by atoms with van der Waals surface area (Å²) in [4.78, 5) is 5.05. The lowest BCUT2D eigenvalue weighted by molar-refractivity contribution is 0.0456. The minimum atomic E-state index is 0.204. The third-order valence-electron chi connectivity index (χ3n) is 6.69. The van der Waals surface area contributed by atoms with E-state index in [2.05, 4.69) is 63.1 Å². The Morgan fingerprint density at radius 2 is 1.78 bits per heavy atom. The molecule has 3 unspecified atom stereocenters. The maximum Gasteiger partial charge on any atom is 0.122 e. The van der Waals surface area contributed by atoms with Crippen molar-refractivity contribution in [2.24, 2.45) is 5.92 Å². The van der Waals surface area contributed by atoms with E-state index in [9.17, 15) is 5.11 Å². The smallest absolute Gasteiger partial charge is 0.122 e. The van der Waals surface area contributed by atoms with Gasteiger partial charge in [0.2, 0.25) is 0 Å². The van der Waals surface area contributed by atoms with Crippen LogP contribution in [0.25, 0.3) is 0 Å². The Kier molecular flexibility index (Phi) is 8.00. The average Bonchev–Trinajstić information content (AvgIpc) is 3.29. The third-order valence-corrected chi connectivity index (χ3v) is 6.69. The molecule has 3 atom stereocenters. The van der Waals surface area contributed by atoms with E-state index in [4.69, 9.17) is 9.47 Å². The molecule has 2 aromatic carbocycles. The van der Waals surface area contributed by atoms with Gasteiger partial charge in [-0.05, 0) is 29.7 Å². The van der Waals surface area contributed by atoms with E-state index in [1.165, 1.54) is 11.1 Å². The standard InChI is InChI=1S/C25H36N4O3/c1-31-23-12-19(13-24(14-23)32-2)16-29-10-9-28(18-22(29)8-11-30)17-21-15-26-27-25(21)20-6-4-3-5-7-20/h3-7,12-14,21-22,25-27,30H,8-11,15-18H2,1-2H3. The molecule has 0 saturated carbocycles. The number of ether oxygens (including phenoxy) is 2. The quantitative estimate of drug-likeness (QED) is 0.551. The second-order valence-corrected chi connectivity index (χ2v) is 8.79. The largest absolute Gasteiger partial charge is 0.497 e. The summed E-state index contributed by atoms with van der Waals surface area (Å²) in [6, 6.07) is 17.4. The Labute approximate surface area is 191 Å². The number of rotatable bonds is 9. The van der Waals surface area contributed by atoms with E-state index in [0.717, 1.165) is 57.2 Å². The van der Waals surface area contributed by atoms with Crippen molar-refractivity contribution >= 4 is 0 Å². The molecule has 2 fully saturated rings. The molecular formula is C25H36N4O3. The molecule has 32 heavy (non-hydrogen) atoms. The average molecular weight is 441 g/mol. The van der Waals surface area contributed by atoms with E-state index in [1.807, 2.05) is 6.07 Å². The first-order valence-corrected chi connectivity index (χ1v) is 11.5. The molecule has 0 radical (unpaired) electrons. The van der Waals surface area contributed by atoms with Crippen LogP contribution in [0, 0.1) is 5.92 Å². The highest BCUT2D eigenvalue weighted by atomic mass is 16.5. The van der Waals surface area contributed by atoms with Crippen LogP contribution in [0.1, 0.15) is 23.6 Å². The summed E-state index contributed by atoms with van der Waals surface area (Å²) in [5.74, 6) is 2.14. The fourth-order valence-corrected chi connectivity index (χ4v) is 5.00. The lowest BCUT2D eigenvalue weighted by atomic mass is 9.94. The zero-order chi connectivity index (χ0) is 22.3. The zero-order valence-corrected chi connectivity index (χ0v) is 19.2. The molecule has 0 spiro atoms. The summed E-state index contributed by atoms with van der Waals surface area (Å²) in [5.41, 5.74) is 9.33. The van der Waals surface area contributed by atoms with Gasteiger partial charge in [0.15, 0.2) is 0 Å². The first kappa shape index (κ1) is 23.0. The number of piperazine rings is 1. The van der Waals surface area contributed by atoms with Crippen molar-refractivity contribution in [1.29, 1.82) is 0 Å². The summed E-state index contributed by atoms with van der Waals surface area (Å²) < 4.78 is 10.9. The molecule has 2 aromatic rings. The van der Waals surface area contributed by atoms with Gasteiger partial charge in [0.25, 0.3) is 0 Å². The molecule has 2 heterocycles. The van der Waals surface area contributed by atoms with Gasteiger partial charge < -0.3 is 19.5 Å². The van der Waals surface area contributed by atoms with Crippen molar-refractivity contribution in [3.63, 3.8) is 0 Å². The van der Waals surface area contributed by atoms with Gasteiger partial charge in [-0.15, -0.1) is 0 Å². The number of hydrogen-bond donors (Lipinski definition) is 3. The summed E-state index contributed by atoms with van der Waals surface area (Å²) >= 11 is 0. The number of aliphatic hydroxyl groups is 1. The summed E-state index contributed by atoms with van der Waals surface area (Å²) in [5, 5.41) is 9.72. The fourth-order valence-electron chi connectivity index (χ4n) is 5.00. The number of hydrogen-bond acceptors (Lipinski definition) is 7. The summed E-state index contributed by atoms with van der Waals surface area (Å²) in [7, 11) is 3.36. The van der Waals surface area contributed by atoms with Crippen LogP contribution in [-0.2, 0) is 6.54 Å². The number of nitrogens with one attached hydrogen (secondary N) is 2. The topological polar surface area (TPSA) is 69.2 Å². The summed E-state index contributed by atoms with van der Waals surface area (Å²) in [6.45, 7) is 6.02. The van der Waals surface area contributed by atoms with Gasteiger partial charge in [0.1, 0.15) is 11.5 Å². The Morgan fingerprint density at radius 1 is 1.03 bits per heavy atom. The second-order valence-electron chi connectivity index (χ2n) is 8.79. The van der Waals surface area contributed by atoms with Crippen LogP contribution in [0.3, 0.4) is 0 Å². The molecule has 0 aliphatic carbocycles. The lowest BCUT2D eigenvalue weighted by Crippen LogP contribution is -2.54. The molecule has 2 saturated heterocycles. The Balaban J connectivity index is 1.40. The van der Waals surface area contributed by atoms with E-state index in [-0.39, 0.29) is 6.61 Å². The van der Waals surface area contributed by atoms with Crippen LogP contribution in [0.5, 0.6) is 11.5 Å². The van der Waals surface area contributed by atoms with Gasteiger partial charge in [-0.1, -0.05) is 30.3 Å². The Hall–Kier alpha value is -2.16. The number of nitrogens with zero attached hydrogens (tertiary/aromatic N) is 2. The van der Waals surface area contributed by atoms with Crippen molar-refractivity contribution in [3.05, 3.63) is 59.7 Å². The third kappa shape index (κ3) is 5.60. The lowest BCUT2D eigenvalue weighted by Gasteiger charge is -2.42. The molecule has 2 aliphatic rings. The normalized spacial score (nSPS) is 24.5. The number of methoxy groups -OCH3 is 2. The highest BCUT2D eigenvalue weighted by Crippen LogP contribution is 2.28. The van der Waals surface area contributed by atoms with Crippen LogP contribution in [0.2, 0.25) is 0 Å². The van der Waals surface area contributed by atoms with Crippen LogP contribution < -0.4 is 20.3 Å². The molecule has 0 bridgehead atoms. The van der Waals surface area contributed by atoms with Gasteiger partial charge in [-0.2, -0.15) is 0 Å². The highest BCUT2D eigenvalue weighted by molar-refractivity contribution is 5.38. The number of benzene rings is 2. The van der Waals surface area contributed by atoms with E-state index in [1.54, 1.807) is 14.2 Å². The van der Waals surface area contributed by atoms with Crippen molar-refractivity contribution in [2.45, 2.75) is 25.0 Å². The first-order valence-electron chi connectivity index (χ1n) is 11.5. The van der Waals surface area contributed by atoms with E-state index >= 15 is 0 Å². The first-order chi connectivity index (χ1) is 15.7. The van der Waals surface area contributed by atoms with Crippen molar-refractivity contribution < 1.29 is 14.6 Å². The molecular weight excluding hydrogens is 404 g/mol. The van der Waals surface area contributed by atoms with Crippen molar-refractivity contribution in [1.82, 2.24) is 20.7 Å². The van der Waals surface area contributed by atoms with Crippen LogP contribution >= 0.6 is 0 Å². The zero-order valence-electron chi connectivity index (χ0n) is 19.2. The fraction of sp³-hybridized carbons (Fsp3) is 0.520. The minimum absolute atomic E-state index is 0.204. The molecule has 4 rings (SSSR count). The number of aliphatic hydroxyl groups excluding tert-OH is 1. The number of hydrazine groups is 1. The molecule has 0 amide bonds. The van der Waals surface area contributed by atoms with Crippen LogP contribution in [-0.4, -0.2) is 74.5 Å². The van der Waals surface area contributed by atoms with Gasteiger partial charge >= 0.3 is 0 Å². The second kappa shape index (κ2) is 11.1. The maximum atomic E-state index is 9.72. The monoisotopic (exact) mass is 440 g/mol. The maximum absolute atomic E-state index is 9.72. The molecule has 2 aliphatic heterocycles. The van der Waals surface area contributed by atoms with E-state index < -0.39 is 0 Å². The van der Waals surface area contributed by atoms with Crippen LogP contribution in [0.4, 0.5) is 0 Å². The summed E-state index contributed by atoms with van der Waals surface area (Å²) in [6.07, 6.45) is 0.779. The van der Waals surface area contributed by atoms with Gasteiger partial charge in [0, 0.05) is 63.9 Å². The van der Waals surface area contributed by atoms with E-state index in [0.29, 0.717) is 18.0 Å². The van der Waals surface area contributed by atoms with Gasteiger partial charge in [-0.3, -0.25) is 10.3 Å². The molecule has 3 N–H and O–H groups in total. The minimum Gasteiger partial charge on any atom is -0.497 e. The Morgan fingerprint density at radius 3 is 2.47 bits per heavy atom. The molecule has 7 nitrogen and oxygen atoms in total. The van der Waals surface area contributed by atoms with Crippen LogP contribution in [0.15, 0.2) is 48.5 Å².